The molecule has 1 amide bonds. The molecule has 3 rings (SSSR count). The van der Waals surface area contributed by atoms with Gasteiger partial charge in [0.15, 0.2) is 6.04 Å². The van der Waals surface area contributed by atoms with Crippen molar-refractivity contribution in [1.29, 1.82) is 0 Å². The van der Waals surface area contributed by atoms with Crippen molar-refractivity contribution in [3.05, 3.63) is 80.9 Å². The molecule has 2 aromatic carbocycles. The van der Waals surface area contributed by atoms with Crippen LogP contribution in [-0.2, 0) is 16.1 Å². The van der Waals surface area contributed by atoms with Gasteiger partial charge in [-0.1, -0.05) is 29.8 Å². The molecule has 9 heteroatoms. The number of rotatable bonds is 6. The van der Waals surface area contributed by atoms with Gasteiger partial charge < -0.3 is 20.1 Å². The Morgan fingerprint density at radius 1 is 1.23 bits per heavy atom. The van der Waals surface area contributed by atoms with Crippen molar-refractivity contribution < 1.29 is 23.8 Å². The second-order valence-electron chi connectivity index (χ2n) is 6.63. The highest BCUT2D eigenvalue weighted by atomic mass is 35.5. The van der Waals surface area contributed by atoms with Crippen LogP contribution in [0.25, 0.3) is 10.9 Å². The summed E-state index contributed by atoms with van der Waals surface area (Å²) in [6, 6.07) is 10.6. The maximum Gasteiger partial charge on any atom is 0.331 e. The Morgan fingerprint density at radius 2 is 1.97 bits per heavy atom. The van der Waals surface area contributed by atoms with E-state index in [1.54, 1.807) is 30.3 Å². The molecular weight excluding hydrogens is 415 g/mol. The van der Waals surface area contributed by atoms with Crippen molar-refractivity contribution in [3.63, 3.8) is 0 Å². The number of H-pyrrole nitrogens is 1. The predicted molar refractivity (Wildman–Crippen MR) is 109 cm³/mol. The number of para-hydroxylation sites is 1. The van der Waals surface area contributed by atoms with Gasteiger partial charge in [-0.25, -0.2) is 9.18 Å². The molecule has 3 N–H and O–H groups in total. The highest BCUT2D eigenvalue weighted by molar-refractivity contribution is 6.31. The highest BCUT2D eigenvalue weighted by Gasteiger charge is 2.28. The van der Waals surface area contributed by atoms with Gasteiger partial charge in [0.25, 0.3) is 11.5 Å². The van der Waals surface area contributed by atoms with Crippen LogP contribution in [0.4, 0.5) is 4.39 Å². The molecule has 156 valence electrons. The largest absolute Gasteiger partial charge is 0.459 e. The molecule has 0 fully saturated rings. The second kappa shape index (κ2) is 9.06. The smallest absolute Gasteiger partial charge is 0.331 e. The third kappa shape index (κ3) is 4.84. The van der Waals surface area contributed by atoms with Crippen molar-refractivity contribution in [2.75, 3.05) is 0 Å². The summed E-state index contributed by atoms with van der Waals surface area (Å²) in [5.41, 5.74) is 0.0147. The van der Waals surface area contributed by atoms with Crippen LogP contribution >= 0.6 is 11.6 Å². The standard InChI is InChI=1S/C21H18ClFN2O5/c1-11(26)18(25-20(28)15-9-14(22)6-7-16(15)23)21(29)30-10-13-8-12-4-2-3-5-17(12)24-19(13)27/h2-9,11,18,26H,10H2,1H3,(H,24,27)(H,25,28). The topological polar surface area (TPSA) is 108 Å². The Kier molecular flexibility index (Phi) is 6.49. The van der Waals surface area contributed by atoms with Gasteiger partial charge >= 0.3 is 5.97 Å². The first-order chi connectivity index (χ1) is 14.3. The van der Waals surface area contributed by atoms with Gasteiger partial charge in [-0.2, -0.15) is 0 Å². The first-order valence-electron chi connectivity index (χ1n) is 8.98. The van der Waals surface area contributed by atoms with Gasteiger partial charge in [0, 0.05) is 10.5 Å². The number of carbonyl (C=O) groups is 2. The lowest BCUT2D eigenvalue weighted by Gasteiger charge is -2.20. The Balaban J connectivity index is 1.73. The molecule has 30 heavy (non-hydrogen) atoms. The molecule has 1 heterocycles. The first-order valence-corrected chi connectivity index (χ1v) is 9.35. The second-order valence-corrected chi connectivity index (χ2v) is 7.07. The summed E-state index contributed by atoms with van der Waals surface area (Å²) in [6.07, 6.45) is -1.33. The van der Waals surface area contributed by atoms with Gasteiger partial charge in [0.05, 0.1) is 17.2 Å². The lowest BCUT2D eigenvalue weighted by atomic mass is 10.1. The maximum absolute atomic E-state index is 13.9. The Bertz CT molecular complexity index is 1160. The summed E-state index contributed by atoms with van der Waals surface area (Å²) in [5.74, 6) is -2.76. The molecule has 0 aliphatic rings. The number of hydrogen-bond donors (Lipinski definition) is 3. The van der Waals surface area contributed by atoms with Crippen LogP contribution in [0.1, 0.15) is 22.8 Å². The third-order valence-corrected chi connectivity index (χ3v) is 4.63. The number of ether oxygens (including phenoxy) is 1. The summed E-state index contributed by atoms with van der Waals surface area (Å²) < 4.78 is 19.0. The molecular formula is C21H18ClFN2O5. The number of carbonyl (C=O) groups excluding carboxylic acids is 2. The van der Waals surface area contributed by atoms with E-state index in [1.165, 1.54) is 13.0 Å². The minimum atomic E-state index is -1.48. The average Bonchev–Trinajstić information content (AvgIpc) is 2.71. The van der Waals surface area contributed by atoms with Crippen LogP contribution < -0.4 is 10.9 Å². The molecule has 0 saturated carbocycles. The van der Waals surface area contributed by atoms with Crippen LogP contribution in [0, 0.1) is 5.82 Å². The van der Waals surface area contributed by atoms with Gasteiger partial charge in [0.1, 0.15) is 12.4 Å². The van der Waals surface area contributed by atoms with Crippen LogP contribution in [0.3, 0.4) is 0 Å². The van der Waals surface area contributed by atoms with Crippen molar-refractivity contribution in [2.24, 2.45) is 0 Å². The van der Waals surface area contributed by atoms with Gasteiger partial charge in [0.2, 0.25) is 0 Å². The summed E-state index contributed by atoms with van der Waals surface area (Å²) in [5, 5.41) is 13.0. The minimum Gasteiger partial charge on any atom is -0.459 e. The number of nitrogens with one attached hydrogen (secondary N) is 2. The zero-order valence-corrected chi connectivity index (χ0v) is 16.6. The Labute approximate surface area is 175 Å². The maximum atomic E-state index is 13.9. The fourth-order valence-corrected chi connectivity index (χ4v) is 2.98. The average molecular weight is 433 g/mol. The minimum absolute atomic E-state index is 0.133. The molecule has 0 aliphatic heterocycles. The lowest BCUT2D eigenvalue weighted by molar-refractivity contribution is -0.150. The van der Waals surface area contributed by atoms with Gasteiger partial charge in [-0.15, -0.1) is 0 Å². The molecule has 7 nitrogen and oxygen atoms in total. The molecule has 2 atom stereocenters. The van der Waals surface area contributed by atoms with E-state index in [1.807, 2.05) is 0 Å². The quantitative estimate of drug-likeness (QED) is 0.519. The van der Waals surface area contributed by atoms with Crippen molar-refractivity contribution in [3.8, 4) is 0 Å². The van der Waals surface area contributed by atoms with E-state index >= 15 is 0 Å². The molecule has 0 bridgehead atoms. The van der Waals surface area contributed by atoms with E-state index < -0.39 is 35.4 Å². The fraction of sp³-hybridized carbons (Fsp3) is 0.190. The zero-order valence-electron chi connectivity index (χ0n) is 15.8. The van der Waals surface area contributed by atoms with Crippen LogP contribution in [0.15, 0.2) is 53.3 Å². The van der Waals surface area contributed by atoms with Crippen molar-refractivity contribution in [1.82, 2.24) is 10.3 Å². The van der Waals surface area contributed by atoms with E-state index in [4.69, 9.17) is 16.3 Å². The Hall–Kier alpha value is -3.23. The first kappa shape index (κ1) is 21.5. The summed E-state index contributed by atoms with van der Waals surface area (Å²) in [6.45, 7) is 0.896. The van der Waals surface area contributed by atoms with Crippen LogP contribution in [-0.4, -0.2) is 34.1 Å². The predicted octanol–water partition coefficient (Wildman–Crippen LogP) is 2.54. The molecule has 0 aliphatic carbocycles. The number of halogens is 2. The monoisotopic (exact) mass is 432 g/mol. The number of amides is 1. The number of aromatic nitrogens is 1. The fourth-order valence-electron chi connectivity index (χ4n) is 2.81. The van der Waals surface area contributed by atoms with E-state index in [0.29, 0.717) is 5.52 Å². The number of fused-ring (bicyclic) bond motifs is 1. The molecule has 0 saturated heterocycles. The summed E-state index contributed by atoms with van der Waals surface area (Å²) >= 11 is 5.78. The summed E-state index contributed by atoms with van der Waals surface area (Å²) in [7, 11) is 0. The normalized spacial score (nSPS) is 12.9. The number of aromatic amines is 1. The van der Waals surface area contributed by atoms with E-state index in [2.05, 4.69) is 10.3 Å². The Morgan fingerprint density at radius 3 is 2.70 bits per heavy atom. The number of hydrogen-bond acceptors (Lipinski definition) is 5. The number of aliphatic hydroxyl groups excluding tert-OH is 1. The number of benzene rings is 2. The molecule has 1 aromatic heterocycles. The van der Waals surface area contributed by atoms with Crippen molar-refractivity contribution in [2.45, 2.75) is 25.7 Å². The zero-order chi connectivity index (χ0) is 21.8. The van der Waals surface area contributed by atoms with Gasteiger partial charge in [-0.05, 0) is 42.6 Å². The number of pyridine rings is 1. The van der Waals surface area contributed by atoms with Crippen LogP contribution in [0.5, 0.6) is 0 Å². The van der Waals surface area contributed by atoms with Crippen molar-refractivity contribution >= 4 is 34.4 Å². The molecule has 2 unspecified atom stereocenters. The van der Waals surface area contributed by atoms with E-state index in [-0.39, 0.29) is 22.8 Å². The third-order valence-electron chi connectivity index (χ3n) is 4.40. The van der Waals surface area contributed by atoms with Gasteiger partial charge in [-0.3, -0.25) is 9.59 Å². The number of esters is 1. The molecule has 3 aromatic rings. The number of aliphatic hydroxyl groups is 1. The molecule has 0 spiro atoms. The highest BCUT2D eigenvalue weighted by Crippen LogP contribution is 2.16. The SMILES string of the molecule is CC(O)C(NC(=O)c1cc(Cl)ccc1F)C(=O)OCc1cc2ccccc2[nH]c1=O. The molecule has 0 radical (unpaired) electrons. The lowest BCUT2D eigenvalue weighted by Crippen LogP contribution is -2.48. The summed E-state index contributed by atoms with van der Waals surface area (Å²) in [4.78, 5) is 39.6. The van der Waals surface area contributed by atoms with Crippen LogP contribution in [0.2, 0.25) is 5.02 Å². The van der Waals surface area contributed by atoms with E-state index in [0.717, 1.165) is 17.5 Å². The van der Waals surface area contributed by atoms with E-state index in [9.17, 15) is 23.9 Å².